The molecule has 1 aliphatic rings. The van der Waals surface area contributed by atoms with Gasteiger partial charge in [0.1, 0.15) is 4.75 Å². The fraction of sp³-hybridized carbons (Fsp3) is 0.368. The summed E-state index contributed by atoms with van der Waals surface area (Å²) in [5, 5.41) is 14.1. The lowest BCUT2D eigenvalue weighted by Gasteiger charge is -2.17. The molecule has 0 aromatic carbocycles. The summed E-state index contributed by atoms with van der Waals surface area (Å²) in [5.41, 5.74) is 0.833. The van der Waals surface area contributed by atoms with Crippen molar-refractivity contribution in [3.8, 4) is 0 Å². The molecule has 3 rings (SSSR count). The van der Waals surface area contributed by atoms with Crippen molar-refractivity contribution >= 4 is 35.0 Å². The van der Waals surface area contributed by atoms with Crippen LogP contribution in [0.3, 0.4) is 0 Å². The van der Waals surface area contributed by atoms with Crippen molar-refractivity contribution in [2.75, 3.05) is 5.32 Å². The number of aromatic nitrogens is 3. The normalized spacial score (nSPS) is 17.0. The van der Waals surface area contributed by atoms with Crippen LogP contribution in [0.25, 0.3) is 0 Å². The first kappa shape index (κ1) is 22.3. The summed E-state index contributed by atoms with van der Waals surface area (Å²) in [4.78, 5) is 24.1. The van der Waals surface area contributed by atoms with E-state index in [1.54, 1.807) is 26.2 Å². The summed E-state index contributed by atoms with van der Waals surface area (Å²) in [7, 11) is 0. The van der Waals surface area contributed by atoms with Gasteiger partial charge in [0.25, 0.3) is 0 Å². The van der Waals surface area contributed by atoms with E-state index in [-0.39, 0.29) is 12.3 Å². The van der Waals surface area contributed by atoms with Crippen LogP contribution in [0.2, 0.25) is 0 Å². The number of thiazole rings is 1. The van der Waals surface area contributed by atoms with E-state index in [0.29, 0.717) is 16.8 Å². The molecule has 0 fully saturated rings. The Morgan fingerprint density at radius 3 is 2.60 bits per heavy atom. The highest BCUT2D eigenvalue weighted by molar-refractivity contribution is 8.02. The largest absolute Gasteiger partial charge is 0.480 e. The number of carboxylic acid groups (broad SMARTS) is 1. The lowest BCUT2D eigenvalue weighted by atomic mass is 9.92. The first-order valence-corrected chi connectivity index (χ1v) is 10.6. The van der Waals surface area contributed by atoms with Crippen LogP contribution in [-0.2, 0) is 11.3 Å². The van der Waals surface area contributed by atoms with Gasteiger partial charge in [-0.3, -0.25) is 4.79 Å². The number of halogens is 3. The number of hydrogen-bond donors (Lipinski definition) is 2. The molecule has 160 valence electrons. The van der Waals surface area contributed by atoms with Crippen molar-refractivity contribution in [2.24, 2.45) is 0 Å². The van der Waals surface area contributed by atoms with E-state index in [1.807, 2.05) is 5.38 Å². The maximum Gasteiger partial charge on any atom is 0.416 e. The molecule has 0 amide bonds. The molecule has 1 atom stereocenters. The van der Waals surface area contributed by atoms with Crippen molar-refractivity contribution in [1.29, 1.82) is 0 Å². The minimum absolute atomic E-state index is 0.194. The smallest absolute Gasteiger partial charge is 0.416 e. The van der Waals surface area contributed by atoms with Crippen LogP contribution in [0.4, 0.5) is 19.1 Å². The van der Waals surface area contributed by atoms with Crippen molar-refractivity contribution in [3.63, 3.8) is 0 Å². The third-order valence-corrected chi connectivity index (χ3v) is 6.52. The quantitative estimate of drug-likeness (QED) is 0.565. The van der Waals surface area contributed by atoms with Gasteiger partial charge in [-0.05, 0) is 25.8 Å². The van der Waals surface area contributed by atoms with Crippen molar-refractivity contribution in [1.82, 2.24) is 15.0 Å². The topological polar surface area (TPSA) is 88.0 Å². The van der Waals surface area contributed by atoms with E-state index in [1.165, 1.54) is 35.3 Å². The zero-order valence-corrected chi connectivity index (χ0v) is 17.7. The molecular weight excluding hydrogens is 437 g/mol. The number of carboxylic acids is 1. The number of nitrogens with one attached hydrogen (secondary N) is 1. The molecule has 2 N–H and O–H groups in total. The molecule has 6 nitrogen and oxygen atoms in total. The van der Waals surface area contributed by atoms with E-state index in [0.717, 1.165) is 17.3 Å². The van der Waals surface area contributed by atoms with E-state index in [9.17, 15) is 23.1 Å². The Morgan fingerprint density at radius 2 is 2.03 bits per heavy atom. The number of allylic oxidation sites excluding steroid dienone is 4. The van der Waals surface area contributed by atoms with Gasteiger partial charge in [0, 0.05) is 23.7 Å². The first-order chi connectivity index (χ1) is 14.0. The van der Waals surface area contributed by atoms with Crippen LogP contribution < -0.4 is 5.32 Å². The number of nitrogens with zero attached hydrogens (tertiary/aromatic N) is 3. The van der Waals surface area contributed by atoms with Gasteiger partial charge in [0.15, 0.2) is 4.34 Å². The minimum Gasteiger partial charge on any atom is -0.480 e. The fourth-order valence-electron chi connectivity index (χ4n) is 2.55. The number of anilines is 1. The van der Waals surface area contributed by atoms with Crippen molar-refractivity contribution < 1.29 is 23.1 Å². The Bertz CT molecular complexity index is 969. The van der Waals surface area contributed by atoms with Gasteiger partial charge < -0.3 is 10.4 Å². The Labute approximate surface area is 179 Å². The third-order valence-electron chi connectivity index (χ3n) is 4.34. The number of alkyl halides is 3. The molecule has 2 heterocycles. The predicted molar refractivity (Wildman–Crippen MR) is 110 cm³/mol. The second kappa shape index (κ2) is 8.76. The van der Waals surface area contributed by atoms with Crippen LogP contribution in [-0.4, -0.2) is 37.0 Å². The van der Waals surface area contributed by atoms with Gasteiger partial charge >= 0.3 is 12.1 Å². The Kier molecular flexibility index (Phi) is 6.51. The average Bonchev–Trinajstić information content (AvgIpc) is 3.13. The summed E-state index contributed by atoms with van der Waals surface area (Å²) in [6.07, 6.45) is 2.88. The van der Waals surface area contributed by atoms with Crippen LogP contribution in [0, 0.1) is 0 Å². The highest BCUT2D eigenvalue weighted by atomic mass is 32.2. The summed E-state index contributed by atoms with van der Waals surface area (Å²) in [6.45, 7) is 3.61. The second-order valence-electron chi connectivity index (χ2n) is 7.07. The van der Waals surface area contributed by atoms with Gasteiger partial charge in [-0.2, -0.15) is 13.2 Å². The number of thioether (sulfide) groups is 1. The van der Waals surface area contributed by atoms with Crippen molar-refractivity contribution in [3.05, 3.63) is 52.8 Å². The first-order valence-electron chi connectivity index (χ1n) is 8.93. The predicted octanol–water partition coefficient (Wildman–Crippen LogP) is 5.03. The molecule has 0 spiro atoms. The summed E-state index contributed by atoms with van der Waals surface area (Å²) in [6, 6.07) is 0. The van der Waals surface area contributed by atoms with Crippen LogP contribution in [0.5, 0.6) is 0 Å². The molecule has 1 unspecified atom stereocenters. The van der Waals surface area contributed by atoms with Crippen LogP contribution >= 0.6 is 23.1 Å². The maximum atomic E-state index is 12.7. The van der Waals surface area contributed by atoms with E-state index in [4.69, 9.17) is 0 Å². The monoisotopic (exact) mass is 456 g/mol. The third kappa shape index (κ3) is 5.60. The standard InChI is InChI=1S/C19H19F3N4O2S2/c1-18(2,15(27)28)30-17-26-14(10-29-17)9-25-16-23-7-12(8-24-16)11-3-5-13(6-4-11)19(20,21)22/h3,5-8,10-11H,4,9H2,1-2H3,(H,27,28)(H,23,24,25). The molecule has 2 aromatic heterocycles. The van der Waals surface area contributed by atoms with Gasteiger partial charge in [-0.25, -0.2) is 15.0 Å². The number of carbonyl (C=O) groups is 1. The van der Waals surface area contributed by atoms with E-state index < -0.39 is 22.5 Å². The Morgan fingerprint density at radius 1 is 1.33 bits per heavy atom. The molecule has 0 saturated heterocycles. The molecule has 0 radical (unpaired) electrons. The van der Waals surface area contributed by atoms with Gasteiger partial charge in [0.05, 0.1) is 17.8 Å². The Balaban J connectivity index is 1.54. The molecular formula is C19H19F3N4O2S2. The number of aliphatic carboxylic acids is 1. The molecule has 2 aromatic rings. The maximum absolute atomic E-state index is 12.7. The van der Waals surface area contributed by atoms with Gasteiger partial charge in [-0.1, -0.05) is 30.0 Å². The highest BCUT2D eigenvalue weighted by Gasteiger charge is 2.33. The van der Waals surface area contributed by atoms with Crippen LogP contribution in [0.15, 0.2) is 45.9 Å². The molecule has 0 aliphatic heterocycles. The van der Waals surface area contributed by atoms with E-state index in [2.05, 4.69) is 20.3 Å². The fourth-order valence-corrected chi connectivity index (χ4v) is 4.74. The van der Waals surface area contributed by atoms with Crippen LogP contribution in [0.1, 0.15) is 37.4 Å². The highest BCUT2D eigenvalue weighted by Crippen LogP contribution is 2.35. The Hall–Kier alpha value is -2.40. The zero-order chi connectivity index (χ0) is 21.9. The summed E-state index contributed by atoms with van der Waals surface area (Å²) < 4.78 is 37.7. The lowest BCUT2D eigenvalue weighted by molar-refractivity contribution is -0.138. The molecule has 0 saturated carbocycles. The molecule has 30 heavy (non-hydrogen) atoms. The summed E-state index contributed by atoms with van der Waals surface area (Å²) >= 11 is 2.55. The lowest BCUT2D eigenvalue weighted by Crippen LogP contribution is -2.26. The second-order valence-corrected chi connectivity index (χ2v) is 9.80. The van der Waals surface area contributed by atoms with E-state index >= 15 is 0 Å². The minimum atomic E-state index is -4.33. The number of hydrogen-bond acceptors (Lipinski definition) is 7. The average molecular weight is 457 g/mol. The molecule has 1 aliphatic carbocycles. The molecule has 0 bridgehead atoms. The SMILES string of the molecule is CC(C)(Sc1nc(CNc2ncc(C3C=CC(C(F)(F)F)=CC3)cn2)cs1)C(=O)O. The van der Waals surface area contributed by atoms with Gasteiger partial charge in [0.2, 0.25) is 5.95 Å². The number of rotatable bonds is 7. The summed E-state index contributed by atoms with van der Waals surface area (Å²) in [5.74, 6) is -0.729. The van der Waals surface area contributed by atoms with Gasteiger partial charge in [-0.15, -0.1) is 11.3 Å². The molecule has 11 heteroatoms. The zero-order valence-electron chi connectivity index (χ0n) is 16.1. The van der Waals surface area contributed by atoms with Crippen molar-refractivity contribution in [2.45, 2.75) is 48.0 Å².